The Kier molecular flexibility index (Phi) is 3.86. The molecule has 0 aromatic rings. The van der Waals surface area contributed by atoms with Crippen molar-refractivity contribution >= 4 is 0 Å². The lowest BCUT2D eigenvalue weighted by Crippen LogP contribution is -2.48. The fourth-order valence-corrected chi connectivity index (χ4v) is 0.906. The monoisotopic (exact) mass is 146 g/mol. The van der Waals surface area contributed by atoms with Crippen LogP contribution in [0.3, 0.4) is 0 Å². The van der Waals surface area contributed by atoms with Gasteiger partial charge in [0.1, 0.15) is 0 Å². The standard InChI is InChI=1S/C7H18N2O/c1-5-9(10-4)7(2,3)6-8/h5-6,8H2,1-4H3. The van der Waals surface area contributed by atoms with Crippen LogP contribution < -0.4 is 5.73 Å². The van der Waals surface area contributed by atoms with Crippen LogP contribution in [0.2, 0.25) is 0 Å². The van der Waals surface area contributed by atoms with Gasteiger partial charge in [-0.1, -0.05) is 6.92 Å². The van der Waals surface area contributed by atoms with E-state index in [-0.39, 0.29) is 5.54 Å². The highest BCUT2D eigenvalue weighted by molar-refractivity contribution is 4.76. The van der Waals surface area contributed by atoms with Crippen molar-refractivity contribution in [2.24, 2.45) is 5.73 Å². The highest BCUT2D eigenvalue weighted by atomic mass is 16.7. The van der Waals surface area contributed by atoms with E-state index in [1.165, 1.54) is 0 Å². The van der Waals surface area contributed by atoms with Gasteiger partial charge >= 0.3 is 0 Å². The van der Waals surface area contributed by atoms with E-state index < -0.39 is 0 Å². The summed E-state index contributed by atoms with van der Waals surface area (Å²) in [6.45, 7) is 7.62. The fourth-order valence-electron chi connectivity index (χ4n) is 0.906. The molecule has 0 spiro atoms. The minimum atomic E-state index is -0.0521. The zero-order valence-corrected chi connectivity index (χ0v) is 7.35. The van der Waals surface area contributed by atoms with E-state index in [2.05, 4.69) is 13.8 Å². The van der Waals surface area contributed by atoms with Crippen LogP contribution in [0, 0.1) is 0 Å². The molecule has 0 radical (unpaired) electrons. The molecule has 3 heteroatoms. The van der Waals surface area contributed by atoms with Gasteiger partial charge in [0.2, 0.25) is 0 Å². The summed E-state index contributed by atoms with van der Waals surface area (Å²) in [7, 11) is 1.67. The first kappa shape index (κ1) is 9.88. The normalized spacial score (nSPS) is 12.6. The van der Waals surface area contributed by atoms with Gasteiger partial charge in [-0.3, -0.25) is 0 Å². The summed E-state index contributed by atoms with van der Waals surface area (Å²) in [5.41, 5.74) is 5.48. The third-order valence-corrected chi connectivity index (χ3v) is 1.68. The summed E-state index contributed by atoms with van der Waals surface area (Å²) in [5, 5.41) is 1.87. The lowest BCUT2D eigenvalue weighted by molar-refractivity contribution is -0.186. The number of hydrogen-bond donors (Lipinski definition) is 1. The maximum absolute atomic E-state index is 5.54. The largest absolute Gasteiger partial charge is 0.329 e. The van der Waals surface area contributed by atoms with Crippen molar-refractivity contribution in [3.8, 4) is 0 Å². The van der Waals surface area contributed by atoms with E-state index in [0.717, 1.165) is 6.54 Å². The van der Waals surface area contributed by atoms with Crippen molar-refractivity contribution in [2.45, 2.75) is 26.3 Å². The molecule has 0 aromatic heterocycles. The molecule has 0 aliphatic heterocycles. The van der Waals surface area contributed by atoms with Crippen molar-refractivity contribution in [3.63, 3.8) is 0 Å². The number of hydroxylamine groups is 2. The number of nitrogens with zero attached hydrogens (tertiary/aromatic N) is 1. The molecule has 0 fully saturated rings. The molecule has 0 atom stereocenters. The highest BCUT2D eigenvalue weighted by Gasteiger charge is 2.23. The van der Waals surface area contributed by atoms with E-state index in [1.807, 2.05) is 12.0 Å². The molecule has 0 aliphatic rings. The van der Waals surface area contributed by atoms with E-state index in [0.29, 0.717) is 6.54 Å². The third kappa shape index (κ3) is 2.25. The second kappa shape index (κ2) is 3.91. The van der Waals surface area contributed by atoms with Crippen molar-refractivity contribution in [2.75, 3.05) is 20.2 Å². The number of nitrogens with two attached hydrogens (primary N) is 1. The number of rotatable bonds is 4. The summed E-state index contributed by atoms with van der Waals surface area (Å²) in [5.74, 6) is 0. The molecule has 0 aliphatic carbocycles. The Morgan fingerprint density at radius 1 is 1.50 bits per heavy atom. The summed E-state index contributed by atoms with van der Waals surface area (Å²) < 4.78 is 0. The molecule has 2 N–H and O–H groups in total. The first-order chi connectivity index (χ1) is 4.58. The van der Waals surface area contributed by atoms with Gasteiger partial charge < -0.3 is 10.6 Å². The van der Waals surface area contributed by atoms with E-state index in [1.54, 1.807) is 7.11 Å². The van der Waals surface area contributed by atoms with Crippen LogP contribution >= 0.6 is 0 Å². The first-order valence-electron chi connectivity index (χ1n) is 3.60. The van der Waals surface area contributed by atoms with Crippen LogP contribution in [0.15, 0.2) is 0 Å². The molecule has 0 unspecified atom stereocenters. The lowest BCUT2D eigenvalue weighted by atomic mass is 10.1. The molecule has 0 saturated heterocycles. The maximum Gasteiger partial charge on any atom is 0.0575 e. The van der Waals surface area contributed by atoms with E-state index in [4.69, 9.17) is 10.6 Å². The molecular weight excluding hydrogens is 128 g/mol. The van der Waals surface area contributed by atoms with Gasteiger partial charge in [0.05, 0.1) is 12.6 Å². The molecule has 0 saturated carbocycles. The van der Waals surface area contributed by atoms with Crippen LogP contribution in [0.4, 0.5) is 0 Å². The second-order valence-electron chi connectivity index (χ2n) is 2.89. The zero-order valence-electron chi connectivity index (χ0n) is 7.35. The molecule has 0 aromatic carbocycles. The number of hydrogen-bond acceptors (Lipinski definition) is 3. The molecule has 0 bridgehead atoms. The Balaban J connectivity index is 3.97. The Morgan fingerprint density at radius 3 is 2.10 bits per heavy atom. The second-order valence-corrected chi connectivity index (χ2v) is 2.89. The molecule has 0 heterocycles. The van der Waals surface area contributed by atoms with Crippen LogP contribution in [0.25, 0.3) is 0 Å². The van der Waals surface area contributed by atoms with Gasteiger partial charge in [0, 0.05) is 13.1 Å². The molecule has 3 nitrogen and oxygen atoms in total. The van der Waals surface area contributed by atoms with E-state index >= 15 is 0 Å². The lowest BCUT2D eigenvalue weighted by Gasteiger charge is -2.34. The van der Waals surface area contributed by atoms with Gasteiger partial charge in [-0.2, -0.15) is 5.06 Å². The first-order valence-corrected chi connectivity index (χ1v) is 3.60. The van der Waals surface area contributed by atoms with Gasteiger partial charge in [0.25, 0.3) is 0 Å². The van der Waals surface area contributed by atoms with Crippen molar-refractivity contribution < 1.29 is 4.84 Å². The van der Waals surface area contributed by atoms with Crippen molar-refractivity contribution in [3.05, 3.63) is 0 Å². The quantitative estimate of drug-likeness (QED) is 0.590. The predicted octanol–water partition coefficient (Wildman–Crippen LogP) is 0.607. The number of likely N-dealkylation sites (N-methyl/N-ethyl adjacent to an activating group) is 1. The minimum absolute atomic E-state index is 0.0521. The molecular formula is C7H18N2O. The van der Waals surface area contributed by atoms with Crippen LogP contribution in [-0.4, -0.2) is 30.8 Å². The van der Waals surface area contributed by atoms with Crippen LogP contribution in [0.5, 0.6) is 0 Å². The fraction of sp³-hybridized carbons (Fsp3) is 1.00. The Hall–Kier alpha value is -0.120. The Morgan fingerprint density at radius 2 is 2.00 bits per heavy atom. The molecule has 0 rings (SSSR count). The average Bonchev–Trinajstić information content (AvgIpc) is 1.90. The minimum Gasteiger partial charge on any atom is -0.329 e. The smallest absolute Gasteiger partial charge is 0.0575 e. The predicted molar refractivity (Wildman–Crippen MR) is 42.5 cm³/mol. The molecule has 0 amide bonds. The molecule has 10 heavy (non-hydrogen) atoms. The highest BCUT2D eigenvalue weighted by Crippen LogP contribution is 2.10. The average molecular weight is 146 g/mol. The van der Waals surface area contributed by atoms with Crippen LogP contribution in [-0.2, 0) is 4.84 Å². The van der Waals surface area contributed by atoms with Crippen LogP contribution in [0.1, 0.15) is 20.8 Å². The summed E-state index contributed by atoms with van der Waals surface area (Å²) >= 11 is 0. The third-order valence-electron chi connectivity index (χ3n) is 1.68. The van der Waals surface area contributed by atoms with Crippen molar-refractivity contribution in [1.82, 2.24) is 5.06 Å². The molecule has 62 valence electrons. The summed E-state index contributed by atoms with van der Waals surface area (Å²) in [6.07, 6.45) is 0. The Bertz CT molecular complexity index is 89.6. The SMILES string of the molecule is CCN(OC)C(C)(C)CN. The summed E-state index contributed by atoms with van der Waals surface area (Å²) in [4.78, 5) is 5.11. The van der Waals surface area contributed by atoms with Gasteiger partial charge in [-0.05, 0) is 13.8 Å². The summed E-state index contributed by atoms with van der Waals surface area (Å²) in [6, 6.07) is 0. The zero-order chi connectivity index (χ0) is 8.20. The van der Waals surface area contributed by atoms with Gasteiger partial charge in [0.15, 0.2) is 0 Å². The van der Waals surface area contributed by atoms with E-state index in [9.17, 15) is 0 Å². The van der Waals surface area contributed by atoms with Crippen molar-refractivity contribution in [1.29, 1.82) is 0 Å². The van der Waals surface area contributed by atoms with Gasteiger partial charge in [-0.15, -0.1) is 0 Å². The van der Waals surface area contributed by atoms with Gasteiger partial charge in [-0.25, -0.2) is 0 Å². The maximum atomic E-state index is 5.54. The Labute approximate surface area is 63.1 Å². The topological polar surface area (TPSA) is 38.5 Å².